The van der Waals surface area contributed by atoms with Gasteiger partial charge in [-0.15, -0.1) is 0 Å². The monoisotopic (exact) mass is 464 g/mol. The van der Waals surface area contributed by atoms with E-state index in [0.29, 0.717) is 6.04 Å². The van der Waals surface area contributed by atoms with E-state index in [1.807, 2.05) is 50.9 Å². The quantitative estimate of drug-likeness (QED) is 0.538. The summed E-state index contributed by atoms with van der Waals surface area (Å²) in [6, 6.07) is 6.63. The standard InChI is InChI=1S/C27H34N2O3.C2H6/c1-18-12-24(22-8-10-28(11-9-22)25-16-32-17-25)15-29(21(18)4)27(30)14-19(2)23-6-7-26(31-5)20(3)13-23;1-2/h6-8,12-15,21,25H,9-11,16-17H2,1-5H3;1-2H3/b19-14+;. The van der Waals surface area contributed by atoms with Crippen molar-refractivity contribution in [2.75, 3.05) is 33.4 Å². The van der Waals surface area contributed by atoms with Crippen molar-refractivity contribution >= 4 is 11.5 Å². The smallest absolute Gasteiger partial charge is 0.251 e. The van der Waals surface area contributed by atoms with Gasteiger partial charge in [0.1, 0.15) is 5.75 Å². The van der Waals surface area contributed by atoms with Crippen LogP contribution in [0.2, 0.25) is 0 Å². The molecule has 0 aliphatic carbocycles. The Labute approximate surface area is 205 Å². The van der Waals surface area contributed by atoms with Gasteiger partial charge in [-0.05, 0) is 74.1 Å². The molecule has 4 rings (SSSR count). The van der Waals surface area contributed by atoms with Crippen molar-refractivity contribution in [3.05, 3.63) is 70.5 Å². The predicted octanol–water partition coefficient (Wildman–Crippen LogP) is 5.52. The fourth-order valence-electron chi connectivity index (χ4n) is 4.49. The summed E-state index contributed by atoms with van der Waals surface area (Å²) in [5.74, 6) is 0.869. The highest BCUT2D eigenvalue weighted by atomic mass is 16.5. The Morgan fingerprint density at radius 3 is 2.50 bits per heavy atom. The molecule has 0 aromatic heterocycles. The summed E-state index contributed by atoms with van der Waals surface area (Å²) in [6.45, 7) is 15.9. The Morgan fingerprint density at radius 1 is 1.21 bits per heavy atom. The van der Waals surface area contributed by atoms with Crippen LogP contribution in [0.3, 0.4) is 0 Å². The van der Waals surface area contributed by atoms with Crippen LogP contribution in [0.15, 0.2) is 59.3 Å². The van der Waals surface area contributed by atoms with Crippen LogP contribution in [0.5, 0.6) is 5.75 Å². The van der Waals surface area contributed by atoms with E-state index in [1.54, 1.807) is 13.2 Å². The Bertz CT molecular complexity index is 1010. The van der Waals surface area contributed by atoms with E-state index in [9.17, 15) is 4.79 Å². The molecule has 5 nitrogen and oxygen atoms in total. The molecule has 5 heteroatoms. The van der Waals surface area contributed by atoms with Crippen LogP contribution in [0.4, 0.5) is 0 Å². The maximum atomic E-state index is 13.3. The Morgan fingerprint density at radius 2 is 1.94 bits per heavy atom. The maximum absolute atomic E-state index is 13.3. The summed E-state index contributed by atoms with van der Waals surface area (Å²) in [5.41, 5.74) is 6.74. The van der Waals surface area contributed by atoms with Crippen LogP contribution >= 0.6 is 0 Å². The van der Waals surface area contributed by atoms with E-state index in [0.717, 1.165) is 60.7 Å². The number of nitrogens with zero attached hydrogens (tertiary/aromatic N) is 2. The molecule has 34 heavy (non-hydrogen) atoms. The molecule has 3 aliphatic rings. The molecule has 0 N–H and O–H groups in total. The molecule has 1 saturated heterocycles. The van der Waals surface area contributed by atoms with Crippen LogP contribution < -0.4 is 4.74 Å². The Balaban J connectivity index is 0.00000158. The largest absolute Gasteiger partial charge is 0.496 e. The van der Waals surface area contributed by atoms with Crippen molar-refractivity contribution in [1.82, 2.24) is 9.80 Å². The molecule has 184 valence electrons. The molecule has 0 saturated carbocycles. The molecule has 1 atom stereocenters. The van der Waals surface area contributed by atoms with Gasteiger partial charge in [-0.25, -0.2) is 0 Å². The first-order chi connectivity index (χ1) is 16.4. The van der Waals surface area contributed by atoms with Gasteiger partial charge < -0.3 is 14.4 Å². The molecule has 3 heterocycles. The summed E-state index contributed by atoms with van der Waals surface area (Å²) in [5, 5.41) is 0. The zero-order valence-corrected chi connectivity index (χ0v) is 21.9. The summed E-state index contributed by atoms with van der Waals surface area (Å²) in [4.78, 5) is 17.6. The number of aryl methyl sites for hydroxylation is 1. The fourth-order valence-corrected chi connectivity index (χ4v) is 4.49. The summed E-state index contributed by atoms with van der Waals surface area (Å²) in [6.07, 6.45) is 9.35. The number of methoxy groups -OCH3 is 1. The molecule has 1 amide bonds. The van der Waals surface area contributed by atoms with Crippen LogP contribution in [0, 0.1) is 6.92 Å². The molecule has 0 bridgehead atoms. The molecule has 0 radical (unpaired) electrons. The van der Waals surface area contributed by atoms with Gasteiger partial charge in [0, 0.05) is 25.4 Å². The minimum atomic E-state index is 0.0121. The highest BCUT2D eigenvalue weighted by molar-refractivity contribution is 5.96. The van der Waals surface area contributed by atoms with Gasteiger partial charge in [0.05, 0.1) is 32.4 Å². The second-order valence-electron chi connectivity index (χ2n) is 9.07. The van der Waals surface area contributed by atoms with Crippen LogP contribution in [-0.4, -0.2) is 61.2 Å². The van der Waals surface area contributed by atoms with Crippen molar-refractivity contribution in [1.29, 1.82) is 0 Å². The molecular formula is C29H40N2O3. The minimum Gasteiger partial charge on any atom is -0.496 e. The summed E-state index contributed by atoms with van der Waals surface area (Å²) < 4.78 is 10.7. The van der Waals surface area contributed by atoms with E-state index < -0.39 is 0 Å². The van der Waals surface area contributed by atoms with E-state index >= 15 is 0 Å². The number of carbonyl (C=O) groups is 1. The van der Waals surface area contributed by atoms with Gasteiger partial charge >= 0.3 is 0 Å². The lowest BCUT2D eigenvalue weighted by molar-refractivity contribution is -0.124. The van der Waals surface area contributed by atoms with Gasteiger partial charge in [-0.2, -0.15) is 0 Å². The third kappa shape index (κ3) is 5.70. The van der Waals surface area contributed by atoms with Crippen LogP contribution in [0.25, 0.3) is 5.57 Å². The second kappa shape index (κ2) is 11.7. The number of rotatable bonds is 5. The zero-order chi connectivity index (χ0) is 24.8. The number of benzene rings is 1. The van der Waals surface area contributed by atoms with E-state index in [1.165, 1.54) is 11.1 Å². The molecule has 1 unspecified atom stereocenters. The molecule has 1 aromatic rings. The number of carbonyl (C=O) groups excluding carboxylic acids is 1. The number of ether oxygens (including phenoxy) is 2. The normalized spacial score (nSPS) is 21.5. The highest BCUT2D eigenvalue weighted by Gasteiger charge is 2.29. The van der Waals surface area contributed by atoms with Gasteiger partial charge in [0.15, 0.2) is 0 Å². The number of amides is 1. The third-order valence-corrected chi connectivity index (χ3v) is 6.93. The average Bonchev–Trinajstić information content (AvgIpc) is 2.81. The minimum absolute atomic E-state index is 0.0121. The van der Waals surface area contributed by atoms with Gasteiger partial charge in [0.25, 0.3) is 5.91 Å². The first kappa shape index (κ1) is 26.0. The zero-order valence-electron chi connectivity index (χ0n) is 21.9. The first-order valence-electron chi connectivity index (χ1n) is 12.4. The summed E-state index contributed by atoms with van der Waals surface area (Å²) in [7, 11) is 1.67. The van der Waals surface area contributed by atoms with Gasteiger partial charge in [0.2, 0.25) is 0 Å². The Kier molecular flexibility index (Phi) is 8.92. The van der Waals surface area contributed by atoms with Gasteiger partial charge in [-0.3, -0.25) is 9.69 Å². The van der Waals surface area contributed by atoms with Crippen molar-refractivity contribution < 1.29 is 14.3 Å². The second-order valence-corrected chi connectivity index (χ2v) is 9.07. The maximum Gasteiger partial charge on any atom is 0.251 e. The van der Waals surface area contributed by atoms with Crippen LogP contribution in [-0.2, 0) is 9.53 Å². The number of hydrogen-bond donors (Lipinski definition) is 0. The molecule has 1 aromatic carbocycles. The lowest BCUT2D eigenvalue weighted by Crippen LogP contribution is -2.50. The molecule has 0 spiro atoms. The van der Waals surface area contributed by atoms with Crippen molar-refractivity contribution in [3.63, 3.8) is 0 Å². The SMILES string of the molecule is CC.COc1ccc(/C(C)=C/C(=O)N2C=C(C3=CCN(C4COC4)CC3)C=C(C)C2C)cc1C. The fraction of sp³-hybridized carbons (Fsp3) is 0.483. The molecule has 3 aliphatic heterocycles. The topological polar surface area (TPSA) is 42.0 Å². The number of hydrogen-bond acceptors (Lipinski definition) is 4. The van der Waals surface area contributed by atoms with Crippen LogP contribution in [0.1, 0.15) is 52.2 Å². The molecular weight excluding hydrogens is 424 g/mol. The predicted molar refractivity (Wildman–Crippen MR) is 140 cm³/mol. The number of allylic oxidation sites excluding steroid dienone is 3. The van der Waals surface area contributed by atoms with E-state index in [4.69, 9.17) is 9.47 Å². The van der Waals surface area contributed by atoms with E-state index in [-0.39, 0.29) is 11.9 Å². The molecule has 1 fully saturated rings. The lowest BCUT2D eigenvalue weighted by atomic mass is 9.92. The van der Waals surface area contributed by atoms with Crippen molar-refractivity contribution in [2.24, 2.45) is 0 Å². The lowest BCUT2D eigenvalue weighted by Gasteiger charge is -2.39. The first-order valence-corrected chi connectivity index (χ1v) is 12.4. The highest BCUT2D eigenvalue weighted by Crippen LogP contribution is 2.30. The average molecular weight is 465 g/mol. The Hall–Kier alpha value is -2.63. The van der Waals surface area contributed by atoms with Crippen molar-refractivity contribution in [2.45, 2.75) is 60.0 Å². The summed E-state index contributed by atoms with van der Waals surface area (Å²) >= 11 is 0. The van der Waals surface area contributed by atoms with Crippen molar-refractivity contribution in [3.8, 4) is 5.75 Å². The third-order valence-electron chi connectivity index (χ3n) is 6.93. The van der Waals surface area contributed by atoms with Gasteiger partial charge in [-0.1, -0.05) is 37.6 Å². The van der Waals surface area contributed by atoms with E-state index in [2.05, 4.69) is 37.0 Å².